The third-order valence-electron chi connectivity index (χ3n) is 6.88. The Labute approximate surface area is 276 Å². The van der Waals surface area contributed by atoms with Gasteiger partial charge in [-0.25, -0.2) is 0 Å². The second kappa shape index (κ2) is 26.2. The number of carbonyl (C=O) groups is 2. The number of rotatable bonds is 24. The molecule has 0 radical (unpaired) electrons. The minimum absolute atomic E-state index is 0.467. The topological polar surface area (TPSA) is 138 Å². The van der Waals surface area contributed by atoms with Gasteiger partial charge in [-0.05, 0) is 0 Å². The third kappa shape index (κ3) is 24.1. The molecule has 0 heterocycles. The molecule has 3 N–H and O–H groups in total. The molecule has 10 heteroatoms. The molecule has 40 heavy (non-hydrogen) atoms. The number of carboxylic acids is 2. The molecule has 0 spiro atoms. The number of aliphatic carboxylic acids is 2. The first kappa shape index (κ1) is 39.5. The van der Waals surface area contributed by atoms with Crippen molar-refractivity contribution in [3.8, 4) is 5.75 Å². The van der Waals surface area contributed by atoms with Gasteiger partial charge in [0.1, 0.15) is 0 Å². The average Bonchev–Trinajstić information content (AvgIpc) is 2.91. The third-order valence-corrected chi connectivity index (χ3v) is 9.39. The fourth-order valence-electron chi connectivity index (χ4n) is 4.44. The van der Waals surface area contributed by atoms with Crippen LogP contribution in [0.1, 0.15) is 122 Å². The summed E-state index contributed by atoms with van der Waals surface area (Å²) in [6.07, 6.45) is 23.6. The molecule has 0 saturated carbocycles. The van der Waals surface area contributed by atoms with E-state index in [9.17, 15) is 18.0 Å². The van der Waals surface area contributed by atoms with E-state index < -0.39 is 33.7 Å². The van der Waals surface area contributed by atoms with Crippen molar-refractivity contribution in [1.82, 2.24) is 0 Å². The molecule has 0 aliphatic heterocycles. The second-order valence-corrected chi connectivity index (χ2v) is 13.4. The van der Waals surface area contributed by atoms with Gasteiger partial charge in [-0.1, -0.05) is 51.9 Å². The van der Waals surface area contributed by atoms with Crippen LogP contribution in [-0.4, -0.2) is 95.4 Å². The zero-order valence-corrected chi connectivity index (χ0v) is 28.7. The van der Waals surface area contributed by atoms with Gasteiger partial charge in [-0.3, -0.25) is 14.1 Å². The number of carboxylic acid groups (broad SMARTS) is 2. The summed E-state index contributed by atoms with van der Waals surface area (Å²) in [6.45, 7) is 2.30. The summed E-state index contributed by atoms with van der Waals surface area (Å²) < 4.78 is 36.1. The molecule has 2 unspecified atom stereocenters. The van der Waals surface area contributed by atoms with Crippen LogP contribution < -0.4 is 4.74 Å². The van der Waals surface area contributed by atoms with Gasteiger partial charge in [-0.2, -0.15) is 8.42 Å². The van der Waals surface area contributed by atoms with Gasteiger partial charge in [0.05, 0.1) is 6.42 Å². The maximum atomic E-state index is 10.2. The largest absolute Gasteiger partial charge is 0.481 e. The van der Waals surface area contributed by atoms with Gasteiger partial charge >= 0.3 is 173 Å². The Hall–Kier alpha value is -0.494. The van der Waals surface area contributed by atoms with Crippen molar-refractivity contribution in [2.75, 3.05) is 0 Å². The molecule has 0 fully saturated rings. The summed E-state index contributed by atoms with van der Waals surface area (Å²) in [4.78, 5) is 20.0. The normalized spacial score (nSPS) is 12.7. The Morgan fingerprint density at radius 2 is 1.20 bits per heavy atom. The quantitative estimate of drug-likeness (QED) is 0.0622. The van der Waals surface area contributed by atoms with E-state index >= 15 is 0 Å². The standard InChI is InChI=1S/C26H45O.C4H6O7S.K/c1-3-4-5-6-7-8-9-10-11-12-13-14-15-16-17-19-22-25(2)27-26-23-20-18-21-24-26;5-3(6)1-2(4(7)8)12(9,10)11;/h18,20-21,23-25H,2-17,19,22H2,1H3;2H,1H2,(H,5,6)(H,7,8)(H,9,10,11);. The van der Waals surface area contributed by atoms with E-state index in [2.05, 4.69) is 37.3 Å². The van der Waals surface area contributed by atoms with E-state index in [-0.39, 0.29) is 0 Å². The second-order valence-electron chi connectivity index (χ2n) is 10.5. The molecule has 1 aromatic rings. The van der Waals surface area contributed by atoms with Crippen LogP contribution in [0, 0.1) is 0 Å². The van der Waals surface area contributed by atoms with Crippen molar-refractivity contribution >= 4 is 71.0 Å². The van der Waals surface area contributed by atoms with Crippen LogP contribution in [0.4, 0.5) is 0 Å². The van der Waals surface area contributed by atoms with Crippen molar-refractivity contribution in [1.29, 1.82) is 0 Å². The summed E-state index contributed by atoms with van der Waals surface area (Å²) in [7, 11) is -4.84. The van der Waals surface area contributed by atoms with Gasteiger partial charge in [0.25, 0.3) is 10.1 Å². The molecule has 1 aromatic carbocycles. The number of benzene rings is 1. The zero-order chi connectivity index (χ0) is 30.1. The Balaban J connectivity index is 0.00000106. The zero-order valence-electron chi connectivity index (χ0n) is 24.8. The number of hydrogen-bond acceptors (Lipinski definition) is 5. The Morgan fingerprint density at radius 1 is 0.775 bits per heavy atom. The molecule has 226 valence electrons. The van der Waals surface area contributed by atoms with Crippen LogP contribution >= 0.6 is 0 Å². The van der Waals surface area contributed by atoms with Gasteiger partial charge in [0.2, 0.25) is 0 Å². The molecule has 2 atom stereocenters. The number of ether oxygens (including phenoxy) is 1. The summed E-state index contributed by atoms with van der Waals surface area (Å²) in [6, 6.07) is 10.4. The van der Waals surface area contributed by atoms with Crippen molar-refractivity contribution in [2.45, 2.75) is 134 Å². The smallest absolute Gasteiger partial charge is 0.325 e. The van der Waals surface area contributed by atoms with Crippen LogP contribution in [0.3, 0.4) is 0 Å². The molecule has 0 aliphatic carbocycles. The fourth-order valence-corrected chi connectivity index (χ4v) is 5.94. The summed E-state index contributed by atoms with van der Waals surface area (Å²) in [5.74, 6) is -2.45. The fraction of sp³-hybridized carbons (Fsp3) is 0.733. The van der Waals surface area contributed by atoms with E-state index in [1.807, 2.05) is 0 Å². The summed E-state index contributed by atoms with van der Waals surface area (Å²) in [5, 5.41) is 13.9. The van der Waals surface area contributed by atoms with Crippen molar-refractivity contribution in [3.63, 3.8) is 0 Å². The molecule has 0 aromatic heterocycles. The first-order valence-corrected chi connectivity index (χ1v) is 19.0. The number of hydrogen-bond donors (Lipinski definition) is 3. The maximum Gasteiger partial charge on any atom is 0.325 e. The SMILES string of the molecule is CCCCCCCCCCCCCCCCCCC([CH2][K])Oc1ccccc1.O=C(O)CC(C(=O)O)S(=O)(=O)O. The van der Waals surface area contributed by atoms with E-state index in [0.717, 1.165) is 54.7 Å². The van der Waals surface area contributed by atoms with Crippen LogP contribution in [0.25, 0.3) is 0 Å². The minimum atomic E-state index is -4.84. The predicted octanol–water partition coefficient (Wildman–Crippen LogP) is 7.47. The van der Waals surface area contributed by atoms with Crippen LogP contribution in [0.15, 0.2) is 30.3 Å². The van der Waals surface area contributed by atoms with Crippen molar-refractivity contribution in [2.24, 2.45) is 0 Å². The number of unbranched alkanes of at least 4 members (excludes halogenated alkanes) is 15. The van der Waals surface area contributed by atoms with E-state index in [1.165, 1.54) is 110 Å². The molecule has 0 bridgehead atoms. The molecule has 1 rings (SSSR count). The first-order valence-electron chi connectivity index (χ1n) is 15.2. The van der Waals surface area contributed by atoms with Crippen molar-refractivity contribution in [3.05, 3.63) is 30.3 Å². The van der Waals surface area contributed by atoms with Crippen molar-refractivity contribution < 1.29 is 37.5 Å². The predicted molar refractivity (Wildman–Crippen MR) is 161 cm³/mol. The molecule has 0 amide bonds. The molecular formula is C30H51KO8S. The van der Waals surface area contributed by atoms with Gasteiger partial charge in [0.15, 0.2) is 5.25 Å². The monoisotopic (exact) mass is 610 g/mol. The van der Waals surface area contributed by atoms with Gasteiger partial charge in [-0.15, -0.1) is 0 Å². The Morgan fingerprint density at radius 3 is 1.52 bits per heavy atom. The Kier molecular flexibility index (Phi) is 25.8. The van der Waals surface area contributed by atoms with Gasteiger partial charge in [0, 0.05) is 0 Å². The molecule has 8 nitrogen and oxygen atoms in total. The average molecular weight is 611 g/mol. The summed E-state index contributed by atoms with van der Waals surface area (Å²) >= 11 is 0.876. The molecular weight excluding hydrogens is 559 g/mol. The molecule has 0 aliphatic rings. The van der Waals surface area contributed by atoms with Gasteiger partial charge < -0.3 is 10.2 Å². The van der Waals surface area contributed by atoms with Crippen LogP contribution in [0.5, 0.6) is 5.75 Å². The Bertz CT molecular complexity index is 864. The summed E-state index contributed by atoms with van der Waals surface area (Å²) in [5.41, 5.74) is 0. The van der Waals surface area contributed by atoms with Crippen LogP contribution in [0.2, 0.25) is 0.515 Å². The van der Waals surface area contributed by atoms with E-state index in [1.54, 1.807) is 0 Å². The minimum Gasteiger partial charge on any atom is -0.481 e. The first-order chi connectivity index (χ1) is 19.1. The van der Waals surface area contributed by atoms with E-state index in [4.69, 9.17) is 19.5 Å². The number of para-hydroxylation sites is 1. The maximum absolute atomic E-state index is 10.2. The molecule has 0 saturated heterocycles. The van der Waals surface area contributed by atoms with E-state index in [0.29, 0.717) is 6.10 Å². The van der Waals surface area contributed by atoms with Crippen LogP contribution in [-0.2, 0) is 19.7 Å².